The van der Waals surface area contributed by atoms with Gasteiger partial charge in [0, 0.05) is 5.69 Å². The number of carbonyl (C=O) groups is 2. The summed E-state index contributed by atoms with van der Waals surface area (Å²) in [5.74, 6) is -0.127. The number of thiocarbonyl (C=S) groups is 1. The monoisotopic (exact) mass is 550 g/mol. The van der Waals surface area contributed by atoms with E-state index in [0.717, 1.165) is 23.0 Å². The normalized spacial score (nSPS) is 14.3. The highest BCUT2D eigenvalue weighted by molar-refractivity contribution is 8.27. The van der Waals surface area contributed by atoms with Crippen molar-refractivity contribution < 1.29 is 23.5 Å². The molecule has 0 radical (unpaired) electrons. The van der Waals surface area contributed by atoms with Crippen LogP contribution < -0.4 is 19.7 Å². The minimum atomic E-state index is -0.526. The van der Waals surface area contributed by atoms with E-state index in [2.05, 4.69) is 19.2 Å². The molecule has 1 saturated heterocycles. The molecule has 1 fully saturated rings. The van der Waals surface area contributed by atoms with Crippen molar-refractivity contribution in [1.29, 1.82) is 0 Å². The highest BCUT2D eigenvalue weighted by Crippen LogP contribution is 2.38. The van der Waals surface area contributed by atoms with Crippen LogP contribution in [0, 0.1) is 5.82 Å². The van der Waals surface area contributed by atoms with Gasteiger partial charge < -0.3 is 14.8 Å². The first kappa shape index (κ1) is 27.3. The molecule has 38 heavy (non-hydrogen) atoms. The molecule has 0 saturated carbocycles. The number of thioether (sulfide) groups is 1. The number of nitrogens with one attached hydrogen (secondary N) is 1. The van der Waals surface area contributed by atoms with Gasteiger partial charge in [-0.2, -0.15) is 0 Å². The largest absolute Gasteiger partial charge is 0.490 e. The van der Waals surface area contributed by atoms with Gasteiger partial charge in [0.1, 0.15) is 5.82 Å². The Morgan fingerprint density at radius 1 is 1.08 bits per heavy atom. The predicted octanol–water partition coefficient (Wildman–Crippen LogP) is 6.77. The average Bonchev–Trinajstić information content (AvgIpc) is 3.16. The summed E-state index contributed by atoms with van der Waals surface area (Å²) in [6, 6.07) is 18.8. The van der Waals surface area contributed by atoms with Crippen LogP contribution in [-0.2, 0) is 9.59 Å². The fourth-order valence-electron chi connectivity index (χ4n) is 3.91. The van der Waals surface area contributed by atoms with Crippen molar-refractivity contribution in [2.75, 3.05) is 23.4 Å². The van der Waals surface area contributed by atoms with Gasteiger partial charge in [-0.15, -0.1) is 0 Å². The van der Waals surface area contributed by atoms with Crippen LogP contribution in [0.15, 0.2) is 71.6 Å². The van der Waals surface area contributed by atoms with Crippen LogP contribution in [0.5, 0.6) is 11.5 Å². The van der Waals surface area contributed by atoms with Crippen molar-refractivity contribution in [3.8, 4) is 11.5 Å². The summed E-state index contributed by atoms with van der Waals surface area (Å²) < 4.78 is 26.0. The molecule has 0 aromatic heterocycles. The van der Waals surface area contributed by atoms with Gasteiger partial charge in [-0.3, -0.25) is 14.5 Å². The van der Waals surface area contributed by atoms with E-state index < -0.39 is 11.7 Å². The van der Waals surface area contributed by atoms with Gasteiger partial charge in [0.2, 0.25) is 0 Å². The Bertz CT molecular complexity index is 1410. The first-order valence-electron chi connectivity index (χ1n) is 12.1. The van der Waals surface area contributed by atoms with E-state index in [4.69, 9.17) is 21.7 Å². The number of nitrogens with zero attached hydrogens (tertiary/aromatic N) is 1. The van der Waals surface area contributed by atoms with Crippen molar-refractivity contribution >= 4 is 57.6 Å². The van der Waals surface area contributed by atoms with E-state index in [1.807, 2.05) is 31.2 Å². The second kappa shape index (κ2) is 12.2. The fourth-order valence-corrected chi connectivity index (χ4v) is 5.19. The third-order valence-electron chi connectivity index (χ3n) is 5.67. The maximum atomic E-state index is 14.3. The zero-order valence-corrected chi connectivity index (χ0v) is 22.8. The van der Waals surface area contributed by atoms with E-state index in [-0.39, 0.29) is 28.4 Å². The lowest BCUT2D eigenvalue weighted by Gasteiger charge is -2.15. The number of amides is 2. The molecule has 9 heteroatoms. The molecule has 0 atom stereocenters. The number of benzene rings is 3. The number of para-hydroxylation sites is 2. The number of anilines is 2. The molecule has 1 heterocycles. The molecule has 196 valence electrons. The first-order valence-corrected chi connectivity index (χ1v) is 13.3. The van der Waals surface area contributed by atoms with Crippen LogP contribution in [0.4, 0.5) is 15.8 Å². The van der Waals surface area contributed by atoms with Crippen LogP contribution in [0.25, 0.3) is 6.08 Å². The summed E-state index contributed by atoms with van der Waals surface area (Å²) in [7, 11) is 0. The molecule has 0 spiro atoms. The van der Waals surface area contributed by atoms with Gasteiger partial charge in [-0.1, -0.05) is 74.2 Å². The minimum Gasteiger partial charge on any atom is -0.490 e. The zero-order valence-electron chi connectivity index (χ0n) is 21.2. The second-order valence-electron chi connectivity index (χ2n) is 8.69. The predicted molar refractivity (Wildman–Crippen MR) is 154 cm³/mol. The number of halogens is 1. The molecule has 4 rings (SSSR count). The van der Waals surface area contributed by atoms with Crippen molar-refractivity contribution in [3.63, 3.8) is 0 Å². The third-order valence-corrected chi connectivity index (χ3v) is 6.97. The van der Waals surface area contributed by atoms with E-state index in [9.17, 15) is 14.0 Å². The highest BCUT2D eigenvalue weighted by Gasteiger charge is 2.34. The third kappa shape index (κ3) is 6.23. The molecular formula is C29H27FN2O4S2. The van der Waals surface area contributed by atoms with Gasteiger partial charge in [0.15, 0.2) is 22.4 Å². The van der Waals surface area contributed by atoms with E-state index in [1.54, 1.807) is 36.4 Å². The maximum absolute atomic E-state index is 14.3. The molecule has 0 bridgehead atoms. The molecular weight excluding hydrogens is 523 g/mol. The summed E-state index contributed by atoms with van der Waals surface area (Å²) in [6.45, 7) is 6.15. The molecule has 3 aromatic rings. The summed E-state index contributed by atoms with van der Waals surface area (Å²) in [6.07, 6.45) is 1.67. The van der Waals surface area contributed by atoms with Gasteiger partial charge in [0.05, 0.1) is 17.2 Å². The Morgan fingerprint density at radius 3 is 2.55 bits per heavy atom. The average molecular weight is 551 g/mol. The fraction of sp³-hybridized carbons (Fsp3) is 0.207. The smallest absolute Gasteiger partial charge is 0.270 e. The van der Waals surface area contributed by atoms with Crippen molar-refractivity contribution in [1.82, 2.24) is 0 Å². The number of hydrogen-bond donors (Lipinski definition) is 1. The highest BCUT2D eigenvalue weighted by atomic mass is 32.2. The number of ether oxygens (including phenoxy) is 2. The van der Waals surface area contributed by atoms with Gasteiger partial charge in [0.25, 0.3) is 11.8 Å². The van der Waals surface area contributed by atoms with E-state index in [1.165, 1.54) is 17.0 Å². The van der Waals surface area contributed by atoms with Crippen molar-refractivity contribution in [2.24, 2.45) is 0 Å². The summed E-state index contributed by atoms with van der Waals surface area (Å²) >= 11 is 6.45. The van der Waals surface area contributed by atoms with Crippen LogP contribution in [0.2, 0.25) is 0 Å². The van der Waals surface area contributed by atoms with Crippen molar-refractivity contribution in [3.05, 3.63) is 88.6 Å². The molecule has 3 aromatic carbocycles. The van der Waals surface area contributed by atoms with Gasteiger partial charge in [-0.05, 0) is 60.4 Å². The summed E-state index contributed by atoms with van der Waals surface area (Å²) in [5, 5.41) is 2.91. The number of rotatable bonds is 9. The topological polar surface area (TPSA) is 67.9 Å². The van der Waals surface area contributed by atoms with Crippen LogP contribution in [0.1, 0.15) is 37.8 Å². The number of hydrogen-bond acceptors (Lipinski definition) is 6. The molecule has 0 unspecified atom stereocenters. The van der Waals surface area contributed by atoms with E-state index >= 15 is 0 Å². The SMILES string of the molecule is CCOc1cc(/C=C2\SC(=S)N(c3ccccc3F)C2=O)ccc1OCC(=O)Nc1ccccc1C(C)C. The summed E-state index contributed by atoms with van der Waals surface area (Å²) in [4.78, 5) is 27.2. The molecule has 1 N–H and O–H groups in total. The molecule has 2 amide bonds. The Balaban J connectivity index is 1.48. The molecule has 1 aliphatic heterocycles. The Morgan fingerprint density at radius 2 is 1.82 bits per heavy atom. The first-order chi connectivity index (χ1) is 18.3. The lowest BCUT2D eigenvalue weighted by Crippen LogP contribution is -2.28. The van der Waals surface area contributed by atoms with Crippen LogP contribution in [0.3, 0.4) is 0 Å². The molecule has 6 nitrogen and oxygen atoms in total. The van der Waals surface area contributed by atoms with Crippen LogP contribution >= 0.6 is 24.0 Å². The quantitative estimate of drug-likeness (QED) is 0.234. The molecule has 0 aliphatic carbocycles. The van der Waals surface area contributed by atoms with Crippen LogP contribution in [-0.4, -0.2) is 29.3 Å². The number of carbonyl (C=O) groups excluding carboxylic acids is 2. The van der Waals surface area contributed by atoms with E-state index in [0.29, 0.717) is 28.6 Å². The van der Waals surface area contributed by atoms with Gasteiger partial charge >= 0.3 is 0 Å². The Labute approximate surface area is 230 Å². The lowest BCUT2D eigenvalue weighted by molar-refractivity contribution is -0.118. The van der Waals surface area contributed by atoms with Gasteiger partial charge in [-0.25, -0.2) is 4.39 Å². The zero-order chi connectivity index (χ0) is 27.2. The maximum Gasteiger partial charge on any atom is 0.270 e. The lowest BCUT2D eigenvalue weighted by atomic mass is 10.0. The second-order valence-corrected chi connectivity index (χ2v) is 10.4. The Hall–Kier alpha value is -3.69. The minimum absolute atomic E-state index is 0.117. The standard InChI is InChI=1S/C29H27FN2O4S2/c1-4-35-25-15-19(16-26-28(34)32(29(37)38-26)23-12-8-6-10-21(23)30)13-14-24(25)36-17-27(33)31-22-11-7-5-9-20(22)18(2)3/h5-16,18H,4,17H2,1-3H3,(H,31,33)/b26-16-. The van der Waals surface area contributed by atoms with Crippen molar-refractivity contribution in [2.45, 2.75) is 26.7 Å². The molecule has 1 aliphatic rings. The Kier molecular flexibility index (Phi) is 8.81. The summed E-state index contributed by atoms with van der Waals surface area (Å²) in [5.41, 5.74) is 2.58.